The Kier molecular flexibility index (Phi) is 9.96. The average molecular weight is 894 g/mol. The van der Waals surface area contributed by atoms with E-state index >= 15 is 0 Å². The maximum atomic E-state index is 5.59. The molecule has 13 rings (SSSR count). The summed E-state index contributed by atoms with van der Waals surface area (Å²) in [6.07, 6.45) is 8.95. The fourth-order valence-electron chi connectivity index (χ4n) is 12.0. The van der Waals surface area contributed by atoms with Crippen LogP contribution in [0.25, 0.3) is 83.6 Å². The van der Waals surface area contributed by atoms with Crippen molar-refractivity contribution in [2.75, 3.05) is 0 Å². The number of nitrogens with zero attached hydrogens (tertiary/aromatic N) is 1. The molecule has 1 nitrogen and oxygen atoms in total. The highest BCUT2D eigenvalue weighted by Gasteiger charge is 2.53. The van der Waals surface area contributed by atoms with E-state index in [9.17, 15) is 0 Å². The van der Waals surface area contributed by atoms with Crippen LogP contribution in [0.4, 0.5) is 0 Å². The molecule has 0 saturated heterocycles. The molecule has 0 saturated carbocycles. The number of hydrogen-bond acceptors (Lipinski definition) is 1. The van der Waals surface area contributed by atoms with Crippen LogP contribution in [-0.2, 0) is 10.8 Å². The molecule has 70 heavy (non-hydrogen) atoms. The molecular weight excluding hydrogens is 843 g/mol. The number of allylic oxidation sites excluding steroid dienone is 4. The maximum absolute atomic E-state index is 5.59. The normalized spacial score (nSPS) is 14.6. The molecular formula is C69H51N. The summed E-state index contributed by atoms with van der Waals surface area (Å²) in [4.78, 5) is 5.59. The van der Waals surface area contributed by atoms with Gasteiger partial charge < -0.3 is 0 Å². The summed E-state index contributed by atoms with van der Waals surface area (Å²) < 4.78 is 0. The lowest BCUT2D eigenvalue weighted by Crippen LogP contribution is -2.40. The van der Waals surface area contributed by atoms with Crippen LogP contribution in [0.5, 0.6) is 0 Å². The standard InChI is InChI=1S/C69H51N/c1-68(2)60-27-12-14-29-62(60)69(63-30-15-13-28-61(63)68)59-41-40-55(51-38-34-49(35-39-51)48-32-36-50(37-33-48)54-25-16-24-53(42-54)46-18-6-3-7-19-46)43-58(59)67-57(26-17-31-64(67)69)66-45-56(47-20-8-4-9-21-47)44-65(70-66)52-22-10-5-11-23-52/h3-4,6-10,12-45H,5,11H2,1-2H3. The molecule has 10 aromatic rings. The third kappa shape index (κ3) is 6.72. The molecule has 1 heterocycles. The second kappa shape index (κ2) is 16.7. The molecule has 0 fully saturated rings. The van der Waals surface area contributed by atoms with Crippen molar-refractivity contribution in [2.24, 2.45) is 0 Å². The fourth-order valence-corrected chi connectivity index (χ4v) is 12.0. The average Bonchev–Trinajstić information content (AvgIpc) is 3.74. The summed E-state index contributed by atoms with van der Waals surface area (Å²) in [7, 11) is 0. The molecule has 3 aliphatic rings. The smallest absolute Gasteiger partial charge is 0.0722 e. The highest BCUT2D eigenvalue weighted by Crippen LogP contribution is 2.63. The molecule has 1 aromatic heterocycles. The van der Waals surface area contributed by atoms with Gasteiger partial charge in [0.25, 0.3) is 0 Å². The first-order valence-electron chi connectivity index (χ1n) is 24.8. The Hall–Kier alpha value is -8.39. The van der Waals surface area contributed by atoms with Crippen LogP contribution in [0, 0.1) is 0 Å². The summed E-state index contributed by atoms with van der Waals surface area (Å²) in [5.41, 5.74) is 26.2. The SMILES string of the molecule is CC1(C)c2ccccc2C2(c3ccc(-c4ccc(-c5ccc(-c6cccc(-c7ccccc7)c6)cc5)cc4)cc3-c3c(-c4cc(-c5ccccc5)cc(C5=CCCC=C5)n4)cccc32)c2ccccc21. The fraction of sp³-hybridized carbons (Fsp3) is 0.0870. The first-order valence-corrected chi connectivity index (χ1v) is 24.8. The van der Waals surface area contributed by atoms with Gasteiger partial charge in [-0.2, -0.15) is 0 Å². The minimum atomic E-state index is -0.532. The molecule has 0 aliphatic heterocycles. The molecule has 0 unspecified atom stereocenters. The highest BCUT2D eigenvalue weighted by atomic mass is 14.7. The lowest BCUT2D eigenvalue weighted by atomic mass is 9.55. The summed E-state index contributed by atoms with van der Waals surface area (Å²) in [5.74, 6) is 0. The molecule has 3 aliphatic carbocycles. The van der Waals surface area contributed by atoms with Crippen molar-refractivity contribution in [3.63, 3.8) is 0 Å². The second-order valence-electron chi connectivity index (χ2n) is 19.7. The zero-order valence-corrected chi connectivity index (χ0v) is 39.5. The van der Waals surface area contributed by atoms with Crippen molar-refractivity contribution in [3.8, 4) is 78.0 Å². The van der Waals surface area contributed by atoms with Gasteiger partial charge in [-0.1, -0.05) is 238 Å². The van der Waals surface area contributed by atoms with Crippen LogP contribution in [0.2, 0.25) is 0 Å². The van der Waals surface area contributed by atoms with E-state index in [4.69, 9.17) is 4.98 Å². The van der Waals surface area contributed by atoms with Gasteiger partial charge >= 0.3 is 0 Å². The monoisotopic (exact) mass is 893 g/mol. The van der Waals surface area contributed by atoms with Crippen molar-refractivity contribution in [3.05, 3.63) is 288 Å². The van der Waals surface area contributed by atoms with Gasteiger partial charge in [0, 0.05) is 11.0 Å². The topological polar surface area (TPSA) is 12.9 Å². The van der Waals surface area contributed by atoms with E-state index in [2.05, 4.69) is 263 Å². The molecule has 0 N–H and O–H groups in total. The second-order valence-corrected chi connectivity index (χ2v) is 19.7. The Morgan fingerprint density at radius 3 is 1.37 bits per heavy atom. The molecule has 0 bridgehead atoms. The minimum absolute atomic E-state index is 0.184. The zero-order valence-electron chi connectivity index (χ0n) is 39.5. The van der Waals surface area contributed by atoms with E-state index in [1.807, 2.05) is 0 Å². The van der Waals surface area contributed by atoms with Crippen LogP contribution in [0.3, 0.4) is 0 Å². The first kappa shape index (κ1) is 41.8. The number of rotatable bonds is 7. The number of pyridine rings is 1. The van der Waals surface area contributed by atoms with Gasteiger partial charge in [-0.15, -0.1) is 0 Å². The Morgan fingerprint density at radius 2 is 0.786 bits per heavy atom. The number of aromatic nitrogens is 1. The lowest BCUT2D eigenvalue weighted by molar-refractivity contribution is 0.563. The number of hydrogen-bond donors (Lipinski definition) is 0. The van der Waals surface area contributed by atoms with Gasteiger partial charge in [-0.3, -0.25) is 0 Å². The Balaban J connectivity index is 0.961. The van der Waals surface area contributed by atoms with Crippen LogP contribution in [0.15, 0.2) is 249 Å². The molecule has 0 radical (unpaired) electrons. The molecule has 1 spiro atoms. The molecule has 332 valence electrons. The van der Waals surface area contributed by atoms with Crippen LogP contribution >= 0.6 is 0 Å². The van der Waals surface area contributed by atoms with Crippen molar-refractivity contribution in [2.45, 2.75) is 37.5 Å². The van der Waals surface area contributed by atoms with Crippen molar-refractivity contribution < 1.29 is 0 Å². The molecule has 1 heteroatoms. The quantitative estimate of drug-likeness (QED) is 0.155. The van der Waals surface area contributed by atoms with E-state index in [-0.39, 0.29) is 5.41 Å². The van der Waals surface area contributed by atoms with Gasteiger partial charge in [0.1, 0.15) is 0 Å². The predicted octanol–water partition coefficient (Wildman–Crippen LogP) is 17.8. The Labute approximate surface area is 411 Å². The van der Waals surface area contributed by atoms with E-state index in [1.165, 1.54) is 106 Å². The van der Waals surface area contributed by atoms with E-state index in [0.717, 1.165) is 29.8 Å². The van der Waals surface area contributed by atoms with Gasteiger partial charge in [-0.25, -0.2) is 4.98 Å². The molecule has 9 aromatic carbocycles. The van der Waals surface area contributed by atoms with Gasteiger partial charge in [0.05, 0.1) is 16.8 Å². The van der Waals surface area contributed by atoms with Crippen LogP contribution in [-0.4, -0.2) is 4.98 Å². The van der Waals surface area contributed by atoms with Gasteiger partial charge in [0.15, 0.2) is 0 Å². The van der Waals surface area contributed by atoms with Crippen LogP contribution < -0.4 is 0 Å². The third-order valence-corrected chi connectivity index (χ3v) is 15.4. The minimum Gasteiger partial charge on any atom is -0.248 e. The predicted molar refractivity (Wildman–Crippen MR) is 293 cm³/mol. The Morgan fingerprint density at radius 1 is 0.329 bits per heavy atom. The van der Waals surface area contributed by atoms with Crippen molar-refractivity contribution in [1.29, 1.82) is 0 Å². The summed E-state index contributed by atoms with van der Waals surface area (Å²) >= 11 is 0. The van der Waals surface area contributed by atoms with Gasteiger partial charge in [0.2, 0.25) is 0 Å². The first-order chi connectivity index (χ1) is 34.4. The summed E-state index contributed by atoms with van der Waals surface area (Å²) in [6.45, 7) is 4.79. The molecule has 0 atom stereocenters. The van der Waals surface area contributed by atoms with Gasteiger partial charge in [-0.05, 0) is 143 Å². The molecule has 0 amide bonds. The van der Waals surface area contributed by atoms with Crippen molar-refractivity contribution >= 4 is 5.57 Å². The number of benzene rings is 9. The highest BCUT2D eigenvalue weighted by molar-refractivity contribution is 5.98. The number of fused-ring (bicyclic) bond motifs is 9. The van der Waals surface area contributed by atoms with E-state index in [1.54, 1.807) is 0 Å². The lowest BCUT2D eigenvalue weighted by Gasteiger charge is -2.46. The third-order valence-electron chi connectivity index (χ3n) is 15.4. The summed E-state index contributed by atoms with van der Waals surface area (Å²) in [5, 5.41) is 0. The van der Waals surface area contributed by atoms with Crippen LogP contribution in [0.1, 0.15) is 65.8 Å². The van der Waals surface area contributed by atoms with E-state index < -0.39 is 5.41 Å². The Bertz CT molecular complexity index is 3650. The maximum Gasteiger partial charge on any atom is 0.0722 e. The summed E-state index contributed by atoms with van der Waals surface area (Å²) in [6, 6.07) is 85.6. The zero-order chi connectivity index (χ0) is 46.8. The van der Waals surface area contributed by atoms with E-state index in [0.29, 0.717) is 0 Å². The van der Waals surface area contributed by atoms with Crippen molar-refractivity contribution in [1.82, 2.24) is 4.98 Å². The largest absolute Gasteiger partial charge is 0.248 e.